The fraction of sp³-hybridized carbons (Fsp3) is 0.385. The summed E-state index contributed by atoms with van der Waals surface area (Å²) in [6, 6.07) is 6.66. The Balaban J connectivity index is 2.13. The van der Waals surface area contributed by atoms with Crippen molar-refractivity contribution in [3.05, 3.63) is 24.3 Å². The van der Waals surface area contributed by atoms with Gasteiger partial charge in [-0.2, -0.15) is 0 Å². The number of nitrogens with one attached hydrogen (secondary N) is 1. The first-order valence-electron chi connectivity index (χ1n) is 6.54. The van der Waals surface area contributed by atoms with Gasteiger partial charge in [0.25, 0.3) is 0 Å². The SMILES string of the molecule is COC(=O)Nc1cccc(N2CC(CS(N)(=O)=O)CC2=O)c1. The third-order valence-electron chi connectivity index (χ3n) is 3.26. The van der Waals surface area contributed by atoms with E-state index in [2.05, 4.69) is 10.1 Å². The standard InChI is InChI=1S/C13H17N3O5S/c1-21-13(18)15-10-3-2-4-11(6-10)16-7-9(5-12(16)17)8-22(14,19)20/h2-4,6,9H,5,7-8H2,1H3,(H,15,18)(H2,14,19,20). The van der Waals surface area contributed by atoms with Crippen LogP contribution >= 0.6 is 0 Å². The minimum Gasteiger partial charge on any atom is -0.453 e. The maximum Gasteiger partial charge on any atom is 0.411 e. The van der Waals surface area contributed by atoms with Gasteiger partial charge in [-0.1, -0.05) is 6.07 Å². The summed E-state index contributed by atoms with van der Waals surface area (Å²) in [6.45, 7) is 0.275. The molecule has 0 aliphatic carbocycles. The van der Waals surface area contributed by atoms with Crippen LogP contribution in [0.15, 0.2) is 24.3 Å². The number of benzene rings is 1. The maximum atomic E-state index is 12.0. The average Bonchev–Trinajstić information content (AvgIpc) is 2.77. The fourth-order valence-electron chi connectivity index (χ4n) is 2.39. The Morgan fingerprint density at radius 2 is 2.23 bits per heavy atom. The molecule has 2 rings (SSSR count). The van der Waals surface area contributed by atoms with Crippen molar-refractivity contribution in [2.45, 2.75) is 6.42 Å². The smallest absolute Gasteiger partial charge is 0.411 e. The third-order valence-corrected chi connectivity index (χ3v) is 4.20. The van der Waals surface area contributed by atoms with E-state index in [0.29, 0.717) is 11.4 Å². The number of nitrogens with two attached hydrogens (primary N) is 1. The molecule has 9 heteroatoms. The van der Waals surface area contributed by atoms with E-state index in [1.165, 1.54) is 12.0 Å². The predicted octanol–water partition coefficient (Wildman–Crippen LogP) is 0.506. The van der Waals surface area contributed by atoms with E-state index in [4.69, 9.17) is 5.14 Å². The molecule has 1 unspecified atom stereocenters. The molecule has 22 heavy (non-hydrogen) atoms. The maximum absolute atomic E-state index is 12.0. The van der Waals surface area contributed by atoms with Crippen molar-refractivity contribution in [2.75, 3.05) is 29.6 Å². The van der Waals surface area contributed by atoms with Gasteiger partial charge in [0.15, 0.2) is 0 Å². The number of hydrogen-bond acceptors (Lipinski definition) is 5. The molecule has 3 N–H and O–H groups in total. The van der Waals surface area contributed by atoms with E-state index in [-0.39, 0.29) is 30.5 Å². The first kappa shape index (κ1) is 16.2. The number of anilines is 2. The summed E-state index contributed by atoms with van der Waals surface area (Å²) < 4.78 is 26.8. The van der Waals surface area contributed by atoms with Gasteiger partial charge in [0.2, 0.25) is 15.9 Å². The molecule has 1 fully saturated rings. The summed E-state index contributed by atoms with van der Waals surface area (Å²) in [7, 11) is -2.37. The molecule has 1 aliphatic heterocycles. The molecule has 2 amide bonds. The van der Waals surface area contributed by atoms with E-state index in [9.17, 15) is 18.0 Å². The minimum absolute atomic E-state index is 0.130. The van der Waals surface area contributed by atoms with Crippen molar-refractivity contribution < 1.29 is 22.7 Å². The molecule has 120 valence electrons. The molecule has 0 saturated carbocycles. The Hall–Kier alpha value is -2.13. The van der Waals surface area contributed by atoms with Gasteiger partial charge in [0.05, 0.1) is 12.9 Å². The highest BCUT2D eigenvalue weighted by molar-refractivity contribution is 7.89. The first-order chi connectivity index (χ1) is 10.3. The number of nitrogens with zero attached hydrogens (tertiary/aromatic N) is 1. The van der Waals surface area contributed by atoms with Crippen LogP contribution < -0.4 is 15.4 Å². The van der Waals surface area contributed by atoms with Gasteiger partial charge < -0.3 is 9.64 Å². The number of sulfonamides is 1. The molecular weight excluding hydrogens is 310 g/mol. The number of methoxy groups -OCH3 is 1. The lowest BCUT2D eigenvalue weighted by Gasteiger charge is -2.17. The van der Waals surface area contributed by atoms with Gasteiger partial charge in [0.1, 0.15) is 0 Å². The molecule has 1 aromatic rings. The van der Waals surface area contributed by atoms with E-state index in [1.807, 2.05) is 0 Å². The molecule has 1 atom stereocenters. The van der Waals surface area contributed by atoms with Gasteiger partial charge >= 0.3 is 6.09 Å². The van der Waals surface area contributed by atoms with Gasteiger partial charge in [0, 0.05) is 30.3 Å². The number of carbonyl (C=O) groups is 2. The summed E-state index contributed by atoms with van der Waals surface area (Å²) in [4.78, 5) is 24.7. The number of primary sulfonamides is 1. The second kappa shape index (κ2) is 6.32. The summed E-state index contributed by atoms with van der Waals surface area (Å²) in [5.41, 5.74) is 1.06. The van der Waals surface area contributed by atoms with Gasteiger partial charge in [-0.15, -0.1) is 0 Å². The lowest BCUT2D eigenvalue weighted by Crippen LogP contribution is -2.27. The summed E-state index contributed by atoms with van der Waals surface area (Å²) >= 11 is 0. The lowest BCUT2D eigenvalue weighted by molar-refractivity contribution is -0.117. The normalized spacial score (nSPS) is 18.4. The van der Waals surface area contributed by atoms with Crippen LogP contribution in [0.4, 0.5) is 16.2 Å². The number of ether oxygens (including phenoxy) is 1. The molecule has 1 heterocycles. The zero-order valence-corrected chi connectivity index (χ0v) is 12.8. The van der Waals surface area contributed by atoms with Crippen LogP contribution in [-0.2, 0) is 19.6 Å². The highest BCUT2D eigenvalue weighted by atomic mass is 32.2. The fourth-order valence-corrected chi connectivity index (χ4v) is 3.27. The van der Waals surface area contributed by atoms with E-state index in [1.54, 1.807) is 24.3 Å². The molecule has 1 aliphatic rings. The van der Waals surface area contributed by atoms with Crippen molar-refractivity contribution in [2.24, 2.45) is 11.1 Å². The van der Waals surface area contributed by atoms with Gasteiger partial charge in [-0.3, -0.25) is 10.1 Å². The van der Waals surface area contributed by atoms with Crippen molar-refractivity contribution in [3.8, 4) is 0 Å². The number of hydrogen-bond donors (Lipinski definition) is 2. The molecule has 0 radical (unpaired) electrons. The van der Waals surface area contributed by atoms with Crippen LogP contribution in [0.5, 0.6) is 0 Å². The number of amides is 2. The second-order valence-electron chi connectivity index (χ2n) is 5.07. The van der Waals surface area contributed by atoms with Gasteiger partial charge in [-0.05, 0) is 18.2 Å². The highest BCUT2D eigenvalue weighted by Gasteiger charge is 2.32. The van der Waals surface area contributed by atoms with Crippen LogP contribution in [0.3, 0.4) is 0 Å². The minimum atomic E-state index is -3.62. The Morgan fingerprint density at radius 1 is 1.50 bits per heavy atom. The van der Waals surface area contributed by atoms with Crippen LogP contribution in [-0.4, -0.2) is 39.8 Å². The van der Waals surface area contributed by atoms with Crippen LogP contribution in [0.25, 0.3) is 0 Å². The molecular formula is C13H17N3O5S. The number of rotatable bonds is 4. The molecule has 0 spiro atoms. The topological polar surface area (TPSA) is 119 Å². The van der Waals surface area contributed by atoms with Gasteiger partial charge in [-0.25, -0.2) is 18.4 Å². The molecule has 1 aromatic carbocycles. The highest BCUT2D eigenvalue weighted by Crippen LogP contribution is 2.27. The van der Waals surface area contributed by atoms with Crippen molar-refractivity contribution in [1.82, 2.24) is 0 Å². The average molecular weight is 327 g/mol. The summed E-state index contributed by atoms with van der Waals surface area (Å²) in [5.74, 6) is -0.737. The van der Waals surface area contributed by atoms with Crippen molar-refractivity contribution in [3.63, 3.8) is 0 Å². The van der Waals surface area contributed by atoms with E-state index in [0.717, 1.165) is 0 Å². The van der Waals surface area contributed by atoms with Crippen molar-refractivity contribution in [1.29, 1.82) is 0 Å². The molecule has 8 nitrogen and oxygen atoms in total. The van der Waals surface area contributed by atoms with Crippen LogP contribution in [0, 0.1) is 5.92 Å². The first-order valence-corrected chi connectivity index (χ1v) is 8.26. The van der Waals surface area contributed by atoms with Crippen molar-refractivity contribution >= 4 is 33.4 Å². The quantitative estimate of drug-likeness (QED) is 0.835. The third kappa shape index (κ3) is 4.18. The van der Waals surface area contributed by atoms with Crippen LogP contribution in [0.2, 0.25) is 0 Å². The lowest BCUT2D eigenvalue weighted by atomic mass is 10.1. The van der Waals surface area contributed by atoms with E-state index < -0.39 is 16.1 Å². The molecule has 1 saturated heterocycles. The largest absolute Gasteiger partial charge is 0.453 e. The second-order valence-corrected chi connectivity index (χ2v) is 6.73. The van der Waals surface area contributed by atoms with E-state index >= 15 is 0 Å². The Morgan fingerprint density at radius 3 is 2.86 bits per heavy atom. The number of carbonyl (C=O) groups excluding carboxylic acids is 2. The summed E-state index contributed by atoms with van der Waals surface area (Å²) in [6.07, 6.45) is -0.484. The summed E-state index contributed by atoms with van der Waals surface area (Å²) in [5, 5.41) is 7.52. The molecule has 0 aromatic heterocycles. The zero-order valence-electron chi connectivity index (χ0n) is 12.0. The Kier molecular flexibility index (Phi) is 4.67. The zero-order chi connectivity index (χ0) is 16.3. The Bertz CT molecular complexity index is 689. The monoisotopic (exact) mass is 327 g/mol. The Labute approximate surface area is 128 Å². The molecule has 0 bridgehead atoms. The predicted molar refractivity (Wildman–Crippen MR) is 80.9 cm³/mol. The van der Waals surface area contributed by atoms with Crippen LogP contribution in [0.1, 0.15) is 6.42 Å².